The molecule has 36 heavy (non-hydrogen) atoms. The lowest BCUT2D eigenvalue weighted by Gasteiger charge is -2.17. The number of amides is 1. The van der Waals surface area contributed by atoms with Crippen molar-refractivity contribution in [3.63, 3.8) is 0 Å². The summed E-state index contributed by atoms with van der Waals surface area (Å²) in [4.78, 5) is 23.4. The molecule has 8 nitrogen and oxygen atoms in total. The fraction of sp³-hybridized carbons (Fsp3) is 0.160. The number of aromatic nitrogens is 3. The second-order valence-electron chi connectivity index (χ2n) is 8.05. The lowest BCUT2D eigenvalue weighted by atomic mass is 10.1. The first-order chi connectivity index (χ1) is 17.2. The monoisotopic (exact) mass is 541 g/mol. The Balaban J connectivity index is 1.65. The summed E-state index contributed by atoms with van der Waals surface area (Å²) in [5.74, 6) is 0.626. The zero-order valence-corrected chi connectivity index (χ0v) is 21.6. The standard InChI is InChI=1S/C25H21Cl2N5O3S/c1-15-5-3-6-17(11-15)14-36-25-30-29-23(31(25)22-10-9-19(26)13-21(22)27)16(2)28-24(33)18-7-4-8-20(12-18)32(34)35/h3-13,16H,14H2,1-2H3,(H,28,33). The van der Waals surface area contributed by atoms with Crippen molar-refractivity contribution in [2.75, 3.05) is 0 Å². The van der Waals surface area contributed by atoms with Gasteiger partial charge in [-0.05, 0) is 43.7 Å². The van der Waals surface area contributed by atoms with E-state index in [1.807, 2.05) is 25.1 Å². The number of nitrogens with one attached hydrogen (secondary N) is 1. The lowest BCUT2D eigenvalue weighted by Crippen LogP contribution is -2.28. The van der Waals surface area contributed by atoms with Crippen LogP contribution < -0.4 is 5.32 Å². The van der Waals surface area contributed by atoms with Gasteiger partial charge in [-0.1, -0.05) is 70.9 Å². The van der Waals surface area contributed by atoms with E-state index in [9.17, 15) is 14.9 Å². The van der Waals surface area contributed by atoms with E-state index in [1.54, 1.807) is 29.7 Å². The minimum absolute atomic E-state index is 0.166. The summed E-state index contributed by atoms with van der Waals surface area (Å²) in [7, 11) is 0. The van der Waals surface area contributed by atoms with Gasteiger partial charge in [0, 0.05) is 28.5 Å². The molecule has 184 valence electrons. The van der Waals surface area contributed by atoms with Crippen LogP contribution in [0.2, 0.25) is 10.0 Å². The number of benzene rings is 3. The maximum atomic E-state index is 12.9. The molecule has 1 aromatic heterocycles. The zero-order valence-electron chi connectivity index (χ0n) is 19.3. The Bertz CT molecular complexity index is 1440. The van der Waals surface area contributed by atoms with Crippen LogP contribution in [0.4, 0.5) is 5.69 Å². The van der Waals surface area contributed by atoms with Gasteiger partial charge in [0.05, 0.1) is 21.7 Å². The van der Waals surface area contributed by atoms with Gasteiger partial charge in [-0.25, -0.2) is 0 Å². The number of carbonyl (C=O) groups excluding carboxylic acids is 1. The summed E-state index contributed by atoms with van der Waals surface area (Å²) in [6, 6.07) is 18.2. The number of hydrogen-bond donors (Lipinski definition) is 1. The molecule has 1 heterocycles. The van der Waals surface area contributed by atoms with E-state index in [0.717, 1.165) is 11.1 Å². The predicted octanol–water partition coefficient (Wildman–Crippen LogP) is 6.57. The summed E-state index contributed by atoms with van der Waals surface area (Å²) in [5.41, 5.74) is 2.91. The van der Waals surface area contributed by atoms with Crippen molar-refractivity contribution >= 4 is 46.6 Å². The number of nitro benzene ring substituents is 1. The number of aryl methyl sites for hydroxylation is 1. The normalized spacial score (nSPS) is 11.8. The Morgan fingerprint density at radius 3 is 2.61 bits per heavy atom. The average Bonchev–Trinajstić information content (AvgIpc) is 3.26. The van der Waals surface area contributed by atoms with Crippen LogP contribution in [0.3, 0.4) is 0 Å². The van der Waals surface area contributed by atoms with Crippen molar-refractivity contribution in [1.82, 2.24) is 20.1 Å². The number of non-ortho nitro benzene ring substituents is 1. The largest absolute Gasteiger partial charge is 0.342 e. The van der Waals surface area contributed by atoms with Crippen molar-refractivity contribution in [1.29, 1.82) is 0 Å². The fourth-order valence-corrected chi connectivity index (χ4v) is 4.99. The second-order valence-corrected chi connectivity index (χ2v) is 9.84. The molecule has 4 aromatic rings. The first-order valence-corrected chi connectivity index (χ1v) is 12.6. The number of rotatable bonds is 8. The van der Waals surface area contributed by atoms with E-state index in [-0.39, 0.29) is 11.3 Å². The molecule has 1 unspecified atom stereocenters. The van der Waals surface area contributed by atoms with E-state index in [1.165, 1.54) is 36.0 Å². The molecule has 3 aromatic carbocycles. The lowest BCUT2D eigenvalue weighted by molar-refractivity contribution is -0.384. The van der Waals surface area contributed by atoms with E-state index in [4.69, 9.17) is 23.2 Å². The SMILES string of the molecule is Cc1cccc(CSc2nnc(C(C)NC(=O)c3cccc([N+](=O)[O-])c3)n2-c2ccc(Cl)cc2Cl)c1. The fourth-order valence-electron chi connectivity index (χ4n) is 3.60. The van der Waals surface area contributed by atoms with Crippen LogP contribution in [-0.4, -0.2) is 25.6 Å². The van der Waals surface area contributed by atoms with Crippen molar-refractivity contribution in [2.45, 2.75) is 30.8 Å². The number of nitro groups is 1. The van der Waals surface area contributed by atoms with Gasteiger partial charge in [-0.2, -0.15) is 0 Å². The minimum Gasteiger partial charge on any atom is -0.342 e. The van der Waals surface area contributed by atoms with E-state index in [0.29, 0.717) is 32.5 Å². The molecule has 0 saturated carbocycles. The first kappa shape index (κ1) is 25.7. The maximum absolute atomic E-state index is 12.9. The highest BCUT2D eigenvalue weighted by molar-refractivity contribution is 7.98. The van der Waals surface area contributed by atoms with Crippen LogP contribution in [0.1, 0.15) is 40.3 Å². The molecule has 1 N–H and O–H groups in total. The van der Waals surface area contributed by atoms with E-state index in [2.05, 4.69) is 21.6 Å². The van der Waals surface area contributed by atoms with Gasteiger partial charge in [0.15, 0.2) is 11.0 Å². The molecule has 0 radical (unpaired) electrons. The van der Waals surface area contributed by atoms with Crippen LogP contribution in [0, 0.1) is 17.0 Å². The zero-order chi connectivity index (χ0) is 25.8. The molecule has 0 aliphatic carbocycles. The second kappa shape index (κ2) is 11.1. The molecule has 4 rings (SSSR count). The quantitative estimate of drug-likeness (QED) is 0.153. The van der Waals surface area contributed by atoms with Crippen molar-refractivity contribution in [2.24, 2.45) is 0 Å². The van der Waals surface area contributed by atoms with Crippen molar-refractivity contribution in [3.05, 3.63) is 109 Å². The highest BCUT2D eigenvalue weighted by Crippen LogP contribution is 2.32. The Kier molecular flexibility index (Phi) is 7.93. The van der Waals surface area contributed by atoms with Gasteiger partial charge in [0.1, 0.15) is 0 Å². The molecular formula is C25H21Cl2N5O3S. The number of nitrogens with zero attached hydrogens (tertiary/aromatic N) is 4. The van der Waals surface area contributed by atoms with Crippen LogP contribution in [0.5, 0.6) is 0 Å². The number of halogens is 2. The van der Waals surface area contributed by atoms with E-state index >= 15 is 0 Å². The van der Waals surface area contributed by atoms with Crippen LogP contribution in [0.15, 0.2) is 71.9 Å². The predicted molar refractivity (Wildman–Crippen MR) is 141 cm³/mol. The molecule has 11 heteroatoms. The summed E-state index contributed by atoms with van der Waals surface area (Å²) in [6.45, 7) is 3.79. The topological polar surface area (TPSA) is 103 Å². The smallest absolute Gasteiger partial charge is 0.270 e. The summed E-state index contributed by atoms with van der Waals surface area (Å²) in [5, 5.41) is 24.1. The molecule has 0 saturated heterocycles. The Morgan fingerprint density at radius 1 is 1.11 bits per heavy atom. The van der Waals surface area contributed by atoms with Gasteiger partial charge >= 0.3 is 0 Å². The van der Waals surface area contributed by atoms with Crippen molar-refractivity contribution in [3.8, 4) is 5.69 Å². The van der Waals surface area contributed by atoms with Crippen LogP contribution in [0.25, 0.3) is 5.69 Å². The number of thioether (sulfide) groups is 1. The van der Waals surface area contributed by atoms with Gasteiger partial charge in [0.2, 0.25) is 0 Å². The first-order valence-electron chi connectivity index (χ1n) is 10.9. The number of hydrogen-bond acceptors (Lipinski definition) is 6. The maximum Gasteiger partial charge on any atom is 0.270 e. The van der Waals surface area contributed by atoms with Crippen LogP contribution >= 0.6 is 35.0 Å². The summed E-state index contributed by atoms with van der Waals surface area (Å²) >= 11 is 14.1. The molecular weight excluding hydrogens is 521 g/mol. The highest BCUT2D eigenvalue weighted by Gasteiger charge is 2.23. The number of carbonyl (C=O) groups is 1. The average molecular weight is 542 g/mol. The van der Waals surface area contributed by atoms with Crippen LogP contribution in [-0.2, 0) is 5.75 Å². The Morgan fingerprint density at radius 2 is 1.89 bits per heavy atom. The summed E-state index contributed by atoms with van der Waals surface area (Å²) in [6.07, 6.45) is 0. The van der Waals surface area contributed by atoms with Gasteiger partial charge in [-0.15, -0.1) is 10.2 Å². The van der Waals surface area contributed by atoms with Crippen molar-refractivity contribution < 1.29 is 9.72 Å². The Hall–Kier alpha value is -3.40. The van der Waals surface area contributed by atoms with E-state index < -0.39 is 16.9 Å². The van der Waals surface area contributed by atoms with Gasteiger partial charge in [-0.3, -0.25) is 19.5 Å². The highest BCUT2D eigenvalue weighted by atomic mass is 35.5. The molecule has 0 aliphatic heterocycles. The summed E-state index contributed by atoms with van der Waals surface area (Å²) < 4.78 is 1.79. The van der Waals surface area contributed by atoms with Gasteiger partial charge in [0.25, 0.3) is 11.6 Å². The third-order valence-electron chi connectivity index (χ3n) is 5.31. The van der Waals surface area contributed by atoms with Gasteiger partial charge < -0.3 is 5.32 Å². The third-order valence-corrected chi connectivity index (χ3v) is 6.85. The minimum atomic E-state index is -0.593. The molecule has 0 fully saturated rings. The third kappa shape index (κ3) is 5.87. The molecule has 0 spiro atoms. The molecule has 0 bridgehead atoms. The molecule has 0 aliphatic rings. The molecule has 1 atom stereocenters. The Labute approximate surface area is 221 Å². The molecule has 1 amide bonds.